The van der Waals surface area contributed by atoms with Crippen molar-refractivity contribution in [1.29, 1.82) is 0 Å². The van der Waals surface area contributed by atoms with E-state index >= 15 is 0 Å². The molecule has 0 spiro atoms. The Morgan fingerprint density at radius 1 is 0.747 bits per heavy atom. The SMILES string of the molecule is COC(=O)[C@H]1O[C@@H](Oc2ccc(C[n+]3cccc(/C=C/C(=O)NCCCCC4CCN(C(=O)c5cccc(O)c5)CC4)c3)cc2NC(=O)CCNC(=O)OCC2c3ccccc3-c3ccccc32)[C@H](OC(C)=O)[C@@H](OC(C)=O)[C@@H]1OC(C)=O. The number of phenols is 1. The number of hydrogen-bond donors (Lipinski definition) is 4. The summed E-state index contributed by atoms with van der Waals surface area (Å²) in [6, 6.07) is 30.7. The summed E-state index contributed by atoms with van der Waals surface area (Å²) < 4.78 is 41.3. The summed E-state index contributed by atoms with van der Waals surface area (Å²) in [5, 5.41) is 18.2. The summed E-state index contributed by atoms with van der Waals surface area (Å²) in [5.41, 5.74) is 6.15. The predicted molar refractivity (Wildman–Crippen MR) is 299 cm³/mol. The Morgan fingerprint density at radius 3 is 2.12 bits per heavy atom. The van der Waals surface area contributed by atoms with Crippen molar-refractivity contribution in [2.45, 2.75) is 102 Å². The zero-order chi connectivity index (χ0) is 59.0. The molecule has 8 rings (SSSR count). The van der Waals surface area contributed by atoms with Gasteiger partial charge in [-0.2, -0.15) is 0 Å². The molecule has 3 heterocycles. The zero-order valence-electron chi connectivity index (χ0n) is 46.6. The normalized spacial score (nSPS) is 18.4. The first kappa shape index (κ1) is 60.0. The standard InChI is InChI=1S/C62H67N5O16/c1-38(68)79-55-56(80-39(2)69)58(81-40(3)70)61(83-57(55)60(75)77-4)82-52-23-21-43(33-51(52)65-54(73)25-29-64-62(76)78-37-50-48-19-7-5-17-46(48)47-18-6-8-20-49(47)50)36-66-30-12-14-42(35-66)22-24-53(72)63-28-10-9-13-41-26-31-67(32-27-41)59(74)44-15-11-16-45(71)34-44/h5-8,11-12,14-24,30,33-35,41,50,55-58,61H,9-10,13,25-29,31-32,36-37H2,1-4H3,(H3-,63,64,65,71,72,73,76)/p+1/b24-22+/t55-,56-,57-,58+,61+/m0/s1. The number of alkyl carbamates (subject to hydrolysis) is 1. The van der Waals surface area contributed by atoms with Crippen LogP contribution in [0.4, 0.5) is 10.5 Å². The minimum atomic E-state index is -1.75. The topological polar surface area (TPSA) is 265 Å². The maximum Gasteiger partial charge on any atom is 0.407 e. The Morgan fingerprint density at radius 2 is 1.43 bits per heavy atom. The number of benzene rings is 4. The summed E-state index contributed by atoms with van der Waals surface area (Å²) in [5.74, 6) is -4.23. The number of aromatic hydroxyl groups is 1. The van der Waals surface area contributed by atoms with Crippen molar-refractivity contribution < 1.29 is 81.2 Å². The van der Waals surface area contributed by atoms with E-state index in [9.17, 15) is 43.5 Å². The molecule has 0 unspecified atom stereocenters. The van der Waals surface area contributed by atoms with Crippen LogP contribution in [0.5, 0.6) is 11.5 Å². The smallest absolute Gasteiger partial charge is 0.407 e. The number of hydrogen-bond acceptors (Lipinski definition) is 16. The summed E-state index contributed by atoms with van der Waals surface area (Å²) in [6.45, 7) is 5.22. The number of pyridine rings is 1. The van der Waals surface area contributed by atoms with Crippen LogP contribution in [0.25, 0.3) is 17.2 Å². The Bertz CT molecular complexity index is 3170. The molecule has 4 aromatic carbocycles. The molecule has 3 aliphatic rings. The minimum absolute atomic E-state index is 0.0572. The molecule has 2 fully saturated rings. The number of anilines is 1. The number of amides is 4. The van der Waals surface area contributed by atoms with Crippen molar-refractivity contribution in [2.75, 3.05) is 45.2 Å². The first-order chi connectivity index (χ1) is 40.0. The van der Waals surface area contributed by atoms with Gasteiger partial charge in [-0.15, -0.1) is 0 Å². The molecule has 1 aliphatic carbocycles. The zero-order valence-corrected chi connectivity index (χ0v) is 46.6. The number of ether oxygens (including phenoxy) is 7. The number of unbranched alkanes of at least 4 members (excludes halogenated alkanes) is 1. The van der Waals surface area contributed by atoms with E-state index in [1.807, 2.05) is 82.5 Å². The van der Waals surface area contributed by atoms with Crippen molar-refractivity contribution in [3.63, 3.8) is 0 Å². The average Bonchev–Trinajstić information content (AvgIpc) is 4.04. The van der Waals surface area contributed by atoms with Crippen molar-refractivity contribution in [3.05, 3.63) is 149 Å². The van der Waals surface area contributed by atoms with Crippen molar-refractivity contribution in [2.24, 2.45) is 5.92 Å². The van der Waals surface area contributed by atoms with Gasteiger partial charge >= 0.3 is 30.0 Å². The molecule has 0 radical (unpaired) electrons. The summed E-state index contributed by atoms with van der Waals surface area (Å²) in [7, 11) is 1.06. The van der Waals surface area contributed by atoms with E-state index < -0.39 is 66.6 Å². The molecule has 4 amide bonds. The number of methoxy groups -OCH3 is 1. The summed E-state index contributed by atoms with van der Waals surface area (Å²) in [4.78, 5) is 105. The van der Waals surface area contributed by atoms with Gasteiger partial charge in [0.05, 0.1) is 12.8 Å². The van der Waals surface area contributed by atoms with Crippen LogP contribution in [0.1, 0.15) is 97.8 Å². The molecule has 5 aromatic rings. The lowest BCUT2D eigenvalue weighted by atomic mass is 9.91. The number of phenolic OH excluding ortho intramolecular Hbond substituents is 1. The second-order valence-electron chi connectivity index (χ2n) is 20.4. The fourth-order valence-corrected chi connectivity index (χ4v) is 10.5. The van der Waals surface area contributed by atoms with Gasteiger partial charge in [0.2, 0.25) is 24.2 Å². The number of nitrogens with one attached hydrogen (secondary N) is 3. The molecule has 436 valence electrons. The van der Waals surface area contributed by atoms with Crippen LogP contribution >= 0.6 is 0 Å². The van der Waals surface area contributed by atoms with E-state index in [4.69, 9.17) is 33.2 Å². The van der Waals surface area contributed by atoms with Crippen molar-refractivity contribution in [1.82, 2.24) is 15.5 Å². The number of carbonyl (C=O) groups excluding carboxylic acids is 8. The molecule has 2 saturated heterocycles. The van der Waals surface area contributed by atoms with E-state index in [2.05, 4.69) is 16.0 Å². The van der Waals surface area contributed by atoms with Gasteiger partial charge in [-0.3, -0.25) is 28.8 Å². The third-order valence-corrected chi connectivity index (χ3v) is 14.4. The monoisotopic (exact) mass is 1140 g/mol. The van der Waals surface area contributed by atoms with Gasteiger partial charge in [-0.25, -0.2) is 14.2 Å². The highest BCUT2D eigenvalue weighted by atomic mass is 16.7. The van der Waals surface area contributed by atoms with Crippen LogP contribution in [-0.2, 0) is 63.7 Å². The van der Waals surface area contributed by atoms with Crippen LogP contribution in [-0.4, -0.2) is 128 Å². The van der Waals surface area contributed by atoms with Crippen LogP contribution in [0.2, 0.25) is 0 Å². The van der Waals surface area contributed by atoms with Gasteiger partial charge in [0.15, 0.2) is 37.3 Å². The largest absolute Gasteiger partial charge is 0.508 e. The van der Waals surface area contributed by atoms with E-state index in [0.717, 1.165) is 87.8 Å². The van der Waals surface area contributed by atoms with Crippen LogP contribution < -0.4 is 25.3 Å². The van der Waals surface area contributed by atoms with Gasteiger partial charge in [0, 0.05) is 88.1 Å². The predicted octanol–water partition coefficient (Wildman–Crippen LogP) is 6.52. The third-order valence-electron chi connectivity index (χ3n) is 14.4. The molecule has 21 heteroatoms. The fourth-order valence-electron chi connectivity index (χ4n) is 10.5. The van der Waals surface area contributed by atoms with E-state index in [0.29, 0.717) is 36.7 Å². The lowest BCUT2D eigenvalue weighted by molar-refractivity contribution is -0.688. The Balaban J connectivity index is 0.907. The van der Waals surface area contributed by atoms with Crippen LogP contribution in [0, 0.1) is 5.92 Å². The molecule has 5 atom stereocenters. The number of esters is 4. The molecule has 4 N–H and O–H groups in total. The molecule has 21 nitrogen and oxygen atoms in total. The highest BCUT2D eigenvalue weighted by Crippen LogP contribution is 2.44. The second-order valence-corrected chi connectivity index (χ2v) is 20.4. The van der Waals surface area contributed by atoms with Gasteiger partial charge in [0.25, 0.3) is 5.91 Å². The number of likely N-dealkylation sites (tertiary alicyclic amines) is 1. The van der Waals surface area contributed by atoms with Gasteiger partial charge in [-0.1, -0.05) is 67.4 Å². The number of aromatic nitrogens is 1. The number of fused-ring (bicyclic) bond motifs is 3. The minimum Gasteiger partial charge on any atom is -0.508 e. The fraction of sp³-hybridized carbons (Fsp3) is 0.371. The Hall–Kier alpha value is -9.11. The first-order valence-electron chi connectivity index (χ1n) is 27.5. The molecular formula is C62H68N5O16+. The summed E-state index contributed by atoms with van der Waals surface area (Å²) >= 11 is 0. The molecule has 2 aliphatic heterocycles. The lowest BCUT2D eigenvalue weighted by Gasteiger charge is -2.43. The van der Waals surface area contributed by atoms with Gasteiger partial charge < -0.3 is 59.1 Å². The molecule has 1 aromatic heterocycles. The van der Waals surface area contributed by atoms with Crippen molar-refractivity contribution in [3.8, 4) is 22.6 Å². The molecule has 0 saturated carbocycles. The van der Waals surface area contributed by atoms with Crippen LogP contribution in [0.3, 0.4) is 0 Å². The molecular weight excluding hydrogens is 1070 g/mol. The Kier molecular flexibility index (Phi) is 20.6. The highest BCUT2D eigenvalue weighted by Gasteiger charge is 2.56. The third kappa shape index (κ3) is 16.3. The van der Waals surface area contributed by atoms with Crippen molar-refractivity contribution >= 4 is 59.5 Å². The van der Waals surface area contributed by atoms with Crippen LogP contribution in [0.15, 0.2) is 122 Å². The second kappa shape index (κ2) is 28.5. The lowest BCUT2D eigenvalue weighted by Crippen LogP contribution is -2.64. The number of rotatable bonds is 22. The maximum absolute atomic E-state index is 13.8. The molecule has 83 heavy (non-hydrogen) atoms. The van der Waals surface area contributed by atoms with Gasteiger partial charge in [0.1, 0.15) is 18.1 Å². The highest BCUT2D eigenvalue weighted by molar-refractivity contribution is 5.95. The molecule has 0 bridgehead atoms. The van der Waals surface area contributed by atoms with E-state index in [1.54, 1.807) is 36.4 Å². The average molecular weight is 1140 g/mol. The van der Waals surface area contributed by atoms with E-state index in [-0.39, 0.29) is 61.0 Å². The first-order valence-corrected chi connectivity index (χ1v) is 27.5. The van der Waals surface area contributed by atoms with Gasteiger partial charge in [-0.05, 0) is 96.0 Å². The van der Waals surface area contributed by atoms with E-state index in [1.165, 1.54) is 18.2 Å². The Labute approximate surface area is 480 Å². The maximum atomic E-state index is 13.8. The quantitative estimate of drug-likeness (QED) is 0.0189. The summed E-state index contributed by atoms with van der Waals surface area (Å²) in [6.07, 6.45) is 1.96. The number of carbonyl (C=O) groups is 8. The number of nitrogens with zero attached hydrogens (tertiary/aromatic N) is 2. The number of piperidine rings is 1.